The van der Waals surface area contributed by atoms with Gasteiger partial charge in [-0.05, 0) is 20.8 Å². The van der Waals surface area contributed by atoms with Gasteiger partial charge in [-0.1, -0.05) is 0 Å². The molecule has 0 radical (unpaired) electrons. The van der Waals surface area contributed by atoms with Gasteiger partial charge in [0.25, 0.3) is 0 Å². The molecule has 0 saturated heterocycles. The molecule has 0 aromatic rings. The van der Waals surface area contributed by atoms with E-state index >= 15 is 0 Å². The molecule has 0 aromatic carbocycles. The summed E-state index contributed by atoms with van der Waals surface area (Å²) in [6.07, 6.45) is -2.28. The molecule has 0 spiro atoms. The molecule has 0 rings (SSSR count). The fourth-order valence-corrected chi connectivity index (χ4v) is 0.543. The van der Waals surface area contributed by atoms with Crippen LogP contribution in [0.15, 0.2) is 0 Å². The van der Waals surface area contributed by atoms with E-state index in [9.17, 15) is 14.0 Å². The number of hydrogen-bond acceptors (Lipinski definition) is 3. The molecule has 0 aliphatic carbocycles. The highest BCUT2D eigenvalue weighted by Crippen LogP contribution is 2.06. The Morgan fingerprint density at radius 1 is 1.62 bits per heavy atom. The summed E-state index contributed by atoms with van der Waals surface area (Å²) in [6, 6.07) is 0. The van der Waals surface area contributed by atoms with Crippen molar-refractivity contribution < 1.29 is 18.7 Å². The number of rotatable bonds is 3. The van der Waals surface area contributed by atoms with E-state index in [1.54, 1.807) is 20.8 Å². The minimum absolute atomic E-state index is 0.122. The fourth-order valence-electron chi connectivity index (χ4n) is 0.543. The number of carbonyl (C=O) groups excluding carboxylic acids is 2. The fraction of sp³-hybridized carbons (Fsp3) is 0.750. The molecule has 0 unspecified atom stereocenters. The zero-order valence-electron chi connectivity index (χ0n) is 7.96. The number of alkyl carbamates (subject to hydrolysis) is 1. The van der Waals surface area contributed by atoms with Gasteiger partial charge in [0.15, 0.2) is 12.5 Å². The highest BCUT2D eigenvalue weighted by atomic mass is 19.1. The molecule has 13 heavy (non-hydrogen) atoms. The van der Waals surface area contributed by atoms with Crippen LogP contribution in [-0.2, 0) is 9.53 Å². The third-order valence-electron chi connectivity index (χ3n) is 0.988. The van der Waals surface area contributed by atoms with E-state index in [0.29, 0.717) is 0 Å². The van der Waals surface area contributed by atoms with E-state index < -0.39 is 17.9 Å². The monoisotopic (exact) mass is 191 g/mol. The standard InChI is InChI=1S/C8H14FNO3/c1-8(2,3)13-7(12)10-4-6(9)5-11/h5-6H,4H2,1-3H3,(H,10,12)/t6-/m1/s1. The average Bonchev–Trinajstić information content (AvgIpc) is 1.97. The Morgan fingerprint density at radius 3 is 2.54 bits per heavy atom. The minimum Gasteiger partial charge on any atom is -0.444 e. The maximum atomic E-state index is 12.3. The van der Waals surface area contributed by atoms with Crippen LogP contribution in [0.1, 0.15) is 20.8 Å². The molecule has 0 aliphatic rings. The summed E-state index contributed by atoms with van der Waals surface area (Å²) in [5.41, 5.74) is -0.614. The summed E-state index contributed by atoms with van der Waals surface area (Å²) in [5.74, 6) is 0. The van der Waals surface area contributed by atoms with Gasteiger partial charge in [-0.3, -0.25) is 0 Å². The number of carbonyl (C=O) groups is 2. The molecular weight excluding hydrogens is 177 g/mol. The summed E-state index contributed by atoms with van der Waals surface area (Å²) in [7, 11) is 0. The number of hydrogen-bond donors (Lipinski definition) is 1. The highest BCUT2D eigenvalue weighted by molar-refractivity contribution is 5.68. The molecule has 5 heteroatoms. The Morgan fingerprint density at radius 2 is 2.15 bits per heavy atom. The average molecular weight is 191 g/mol. The zero-order valence-corrected chi connectivity index (χ0v) is 7.96. The van der Waals surface area contributed by atoms with Gasteiger partial charge in [0, 0.05) is 0 Å². The number of aldehydes is 1. The van der Waals surface area contributed by atoms with Gasteiger partial charge >= 0.3 is 6.09 Å². The molecule has 0 heterocycles. The first-order chi connectivity index (χ1) is 5.85. The van der Waals surface area contributed by atoms with E-state index in [-0.39, 0.29) is 12.8 Å². The van der Waals surface area contributed by atoms with Gasteiger partial charge < -0.3 is 14.8 Å². The Balaban J connectivity index is 3.70. The first-order valence-corrected chi connectivity index (χ1v) is 3.91. The van der Waals surface area contributed by atoms with E-state index in [1.807, 2.05) is 0 Å². The smallest absolute Gasteiger partial charge is 0.407 e. The summed E-state index contributed by atoms with van der Waals surface area (Å²) < 4.78 is 17.1. The van der Waals surface area contributed by atoms with Crippen LogP contribution in [-0.4, -0.2) is 30.7 Å². The first-order valence-electron chi connectivity index (χ1n) is 3.91. The lowest BCUT2D eigenvalue weighted by Gasteiger charge is -2.19. The summed E-state index contributed by atoms with van der Waals surface area (Å²) in [6.45, 7) is 4.73. The Hall–Kier alpha value is -1.13. The van der Waals surface area contributed by atoms with Crippen LogP contribution in [0, 0.1) is 0 Å². The van der Waals surface area contributed by atoms with E-state index in [1.165, 1.54) is 0 Å². The molecule has 1 N–H and O–H groups in total. The van der Waals surface area contributed by atoms with Crippen molar-refractivity contribution in [2.45, 2.75) is 32.5 Å². The van der Waals surface area contributed by atoms with Crippen LogP contribution >= 0.6 is 0 Å². The maximum Gasteiger partial charge on any atom is 0.407 e. The summed E-state index contributed by atoms with van der Waals surface area (Å²) in [4.78, 5) is 20.7. The molecule has 0 aromatic heterocycles. The van der Waals surface area contributed by atoms with E-state index in [2.05, 4.69) is 5.32 Å². The van der Waals surface area contributed by atoms with Crippen LogP contribution in [0.4, 0.5) is 9.18 Å². The van der Waals surface area contributed by atoms with Gasteiger partial charge in [0.2, 0.25) is 0 Å². The lowest BCUT2D eigenvalue weighted by Crippen LogP contribution is -2.36. The van der Waals surface area contributed by atoms with Crippen molar-refractivity contribution >= 4 is 12.4 Å². The Kier molecular flexibility index (Phi) is 4.37. The molecule has 4 nitrogen and oxygen atoms in total. The normalized spacial score (nSPS) is 13.2. The molecule has 1 atom stereocenters. The van der Waals surface area contributed by atoms with E-state index in [4.69, 9.17) is 4.74 Å². The predicted molar refractivity (Wildman–Crippen MR) is 45.2 cm³/mol. The third kappa shape index (κ3) is 7.24. The van der Waals surface area contributed by atoms with Crippen molar-refractivity contribution in [2.24, 2.45) is 0 Å². The SMILES string of the molecule is CC(C)(C)OC(=O)NC[C@@H](F)C=O. The summed E-state index contributed by atoms with van der Waals surface area (Å²) >= 11 is 0. The Labute approximate surface area is 76.4 Å². The van der Waals surface area contributed by atoms with Gasteiger partial charge in [-0.25, -0.2) is 9.18 Å². The molecule has 0 saturated carbocycles. The van der Waals surface area contributed by atoms with Crippen LogP contribution in [0.5, 0.6) is 0 Å². The predicted octanol–water partition coefficient (Wildman–Crippen LogP) is 1.05. The Bertz CT molecular complexity index is 188. The van der Waals surface area contributed by atoms with Crippen LogP contribution in [0.2, 0.25) is 0 Å². The van der Waals surface area contributed by atoms with Crippen molar-refractivity contribution in [3.8, 4) is 0 Å². The summed E-state index contributed by atoms with van der Waals surface area (Å²) in [5, 5.41) is 2.12. The minimum atomic E-state index is -1.67. The molecule has 0 bridgehead atoms. The van der Waals surface area contributed by atoms with Crippen LogP contribution in [0.25, 0.3) is 0 Å². The maximum absolute atomic E-state index is 12.3. The zero-order chi connectivity index (χ0) is 10.5. The van der Waals surface area contributed by atoms with Gasteiger partial charge in [-0.15, -0.1) is 0 Å². The van der Waals surface area contributed by atoms with Crippen molar-refractivity contribution in [1.82, 2.24) is 5.32 Å². The highest BCUT2D eigenvalue weighted by Gasteiger charge is 2.16. The lowest BCUT2D eigenvalue weighted by atomic mass is 10.2. The third-order valence-corrected chi connectivity index (χ3v) is 0.988. The first kappa shape index (κ1) is 11.9. The number of ether oxygens (including phenoxy) is 1. The largest absolute Gasteiger partial charge is 0.444 e. The molecular formula is C8H14FNO3. The van der Waals surface area contributed by atoms with Crippen LogP contribution < -0.4 is 5.32 Å². The second-order valence-electron chi connectivity index (χ2n) is 3.53. The van der Waals surface area contributed by atoms with Gasteiger partial charge in [0.05, 0.1) is 6.54 Å². The quantitative estimate of drug-likeness (QED) is 0.678. The van der Waals surface area contributed by atoms with Gasteiger partial charge in [0.1, 0.15) is 5.60 Å². The van der Waals surface area contributed by atoms with Crippen molar-refractivity contribution in [1.29, 1.82) is 0 Å². The molecule has 76 valence electrons. The molecule has 0 aliphatic heterocycles. The number of amides is 1. The van der Waals surface area contributed by atoms with Crippen molar-refractivity contribution in [3.63, 3.8) is 0 Å². The lowest BCUT2D eigenvalue weighted by molar-refractivity contribution is -0.111. The van der Waals surface area contributed by atoms with E-state index in [0.717, 1.165) is 0 Å². The molecule has 1 amide bonds. The van der Waals surface area contributed by atoms with Crippen LogP contribution in [0.3, 0.4) is 0 Å². The van der Waals surface area contributed by atoms with Gasteiger partial charge in [-0.2, -0.15) is 0 Å². The van der Waals surface area contributed by atoms with Crippen molar-refractivity contribution in [3.05, 3.63) is 0 Å². The number of nitrogens with one attached hydrogen (secondary N) is 1. The topological polar surface area (TPSA) is 55.4 Å². The van der Waals surface area contributed by atoms with Crippen molar-refractivity contribution in [2.75, 3.05) is 6.54 Å². The second kappa shape index (κ2) is 4.79. The molecule has 0 fully saturated rings. The number of alkyl halides is 1. The number of halogens is 1. The second-order valence-corrected chi connectivity index (χ2v) is 3.53.